The smallest absolute Gasteiger partial charge is 0.255 e. The highest BCUT2D eigenvalue weighted by atomic mass is 16.6. The van der Waals surface area contributed by atoms with E-state index in [9.17, 15) is 9.90 Å². The van der Waals surface area contributed by atoms with Gasteiger partial charge in [0.05, 0.1) is 12.1 Å². The summed E-state index contributed by atoms with van der Waals surface area (Å²) in [7, 11) is 0. The van der Waals surface area contributed by atoms with Gasteiger partial charge in [0.1, 0.15) is 18.5 Å². The highest BCUT2D eigenvalue weighted by molar-refractivity contribution is 5.96. The predicted molar refractivity (Wildman–Crippen MR) is 81.5 cm³/mol. The molecule has 2 N–H and O–H groups in total. The van der Waals surface area contributed by atoms with Crippen molar-refractivity contribution in [2.45, 2.75) is 13.0 Å². The fourth-order valence-corrected chi connectivity index (χ4v) is 2.30. The van der Waals surface area contributed by atoms with Crippen LogP contribution in [0, 0.1) is 6.92 Å². The monoisotopic (exact) mass is 299 g/mol. The number of nitrogens with one attached hydrogen (secondary N) is 1. The molecule has 0 bridgehead atoms. The Balaban J connectivity index is 1.60. The zero-order valence-electron chi connectivity index (χ0n) is 12.2. The number of rotatable bonds is 3. The molecule has 1 amide bonds. The maximum absolute atomic E-state index is 12.1. The molecule has 1 aliphatic rings. The van der Waals surface area contributed by atoms with Gasteiger partial charge in [0.15, 0.2) is 11.5 Å². The number of carbonyl (C=O) groups excluding carboxylic acids is 1. The second-order valence-corrected chi connectivity index (χ2v) is 5.23. The third kappa shape index (κ3) is 2.98. The number of ether oxygens (including phenoxy) is 2. The molecule has 0 saturated heterocycles. The Kier molecular flexibility index (Phi) is 3.87. The largest absolute Gasteiger partial charge is 0.507 e. The van der Waals surface area contributed by atoms with Crippen LogP contribution in [0.1, 0.15) is 15.9 Å². The first-order chi connectivity index (χ1) is 10.6. The third-order valence-electron chi connectivity index (χ3n) is 3.46. The molecular weight excluding hydrogens is 282 g/mol. The van der Waals surface area contributed by atoms with E-state index < -0.39 is 0 Å². The van der Waals surface area contributed by atoms with Crippen LogP contribution in [0.15, 0.2) is 42.5 Å². The Hall–Kier alpha value is -2.69. The summed E-state index contributed by atoms with van der Waals surface area (Å²) < 4.78 is 11.4. The molecule has 1 aliphatic heterocycles. The van der Waals surface area contributed by atoms with Gasteiger partial charge < -0.3 is 19.9 Å². The van der Waals surface area contributed by atoms with Crippen molar-refractivity contribution in [3.05, 3.63) is 53.6 Å². The molecular formula is C17H17NO4. The summed E-state index contributed by atoms with van der Waals surface area (Å²) in [5.41, 5.74) is 1.15. The lowest BCUT2D eigenvalue weighted by Gasteiger charge is -2.26. The van der Waals surface area contributed by atoms with E-state index in [0.717, 1.165) is 5.56 Å². The van der Waals surface area contributed by atoms with Crippen molar-refractivity contribution in [2.75, 3.05) is 13.2 Å². The SMILES string of the molecule is Cc1ccc(C(=O)NCC2COc3ccccc3O2)c(O)c1. The molecule has 3 rings (SSSR count). The molecule has 114 valence electrons. The van der Waals surface area contributed by atoms with Gasteiger partial charge in [0.2, 0.25) is 0 Å². The summed E-state index contributed by atoms with van der Waals surface area (Å²) in [6, 6.07) is 12.4. The Morgan fingerprint density at radius 3 is 2.82 bits per heavy atom. The zero-order chi connectivity index (χ0) is 15.5. The average molecular weight is 299 g/mol. The first kappa shape index (κ1) is 14.3. The molecule has 0 spiro atoms. The van der Waals surface area contributed by atoms with Crippen molar-refractivity contribution < 1.29 is 19.4 Å². The molecule has 0 aromatic heterocycles. The van der Waals surface area contributed by atoms with Crippen molar-refractivity contribution in [3.8, 4) is 17.2 Å². The number of para-hydroxylation sites is 2. The summed E-state index contributed by atoms with van der Waals surface area (Å²) in [5.74, 6) is 1.02. The Morgan fingerprint density at radius 1 is 1.27 bits per heavy atom. The van der Waals surface area contributed by atoms with E-state index in [1.807, 2.05) is 31.2 Å². The van der Waals surface area contributed by atoms with Gasteiger partial charge in [0, 0.05) is 0 Å². The number of benzene rings is 2. The lowest BCUT2D eigenvalue weighted by Crippen LogP contribution is -2.40. The van der Waals surface area contributed by atoms with Crippen LogP contribution in [0.25, 0.3) is 0 Å². The van der Waals surface area contributed by atoms with Crippen LogP contribution < -0.4 is 14.8 Å². The van der Waals surface area contributed by atoms with E-state index >= 15 is 0 Å². The maximum Gasteiger partial charge on any atom is 0.255 e. The van der Waals surface area contributed by atoms with E-state index in [-0.39, 0.29) is 23.3 Å². The van der Waals surface area contributed by atoms with Crippen molar-refractivity contribution in [1.82, 2.24) is 5.32 Å². The van der Waals surface area contributed by atoms with E-state index in [2.05, 4.69) is 5.32 Å². The van der Waals surface area contributed by atoms with Gasteiger partial charge in [0.25, 0.3) is 5.91 Å². The van der Waals surface area contributed by atoms with E-state index in [1.54, 1.807) is 18.2 Å². The number of aryl methyl sites for hydroxylation is 1. The molecule has 1 heterocycles. The first-order valence-corrected chi connectivity index (χ1v) is 7.10. The topological polar surface area (TPSA) is 67.8 Å². The van der Waals surface area contributed by atoms with Crippen LogP contribution in [0.3, 0.4) is 0 Å². The van der Waals surface area contributed by atoms with Gasteiger partial charge in [-0.2, -0.15) is 0 Å². The van der Waals surface area contributed by atoms with E-state index in [0.29, 0.717) is 24.7 Å². The van der Waals surface area contributed by atoms with Gasteiger partial charge in [-0.15, -0.1) is 0 Å². The minimum Gasteiger partial charge on any atom is -0.507 e. The van der Waals surface area contributed by atoms with Crippen molar-refractivity contribution in [2.24, 2.45) is 0 Å². The van der Waals surface area contributed by atoms with Crippen molar-refractivity contribution in [1.29, 1.82) is 0 Å². The number of aromatic hydroxyl groups is 1. The lowest BCUT2D eigenvalue weighted by molar-refractivity contribution is 0.0787. The summed E-state index contributed by atoms with van der Waals surface area (Å²) in [5, 5.41) is 12.6. The quantitative estimate of drug-likeness (QED) is 0.912. The minimum atomic E-state index is -0.333. The molecule has 5 nitrogen and oxygen atoms in total. The molecule has 2 aromatic rings. The number of amides is 1. The number of hydrogen-bond acceptors (Lipinski definition) is 4. The first-order valence-electron chi connectivity index (χ1n) is 7.10. The van der Waals surface area contributed by atoms with Crippen LogP contribution in [0.5, 0.6) is 17.2 Å². The molecule has 0 aliphatic carbocycles. The number of carbonyl (C=O) groups is 1. The minimum absolute atomic E-state index is 0.0244. The van der Waals surface area contributed by atoms with Crippen LogP contribution in [-0.4, -0.2) is 30.3 Å². The predicted octanol–water partition coefficient (Wildman–Crippen LogP) is 2.27. The van der Waals surface area contributed by atoms with Gasteiger partial charge in [-0.05, 0) is 36.8 Å². The number of phenols is 1. The Bertz CT molecular complexity index is 699. The van der Waals surface area contributed by atoms with Crippen molar-refractivity contribution >= 4 is 5.91 Å². The van der Waals surface area contributed by atoms with E-state index in [1.165, 1.54) is 0 Å². The second-order valence-electron chi connectivity index (χ2n) is 5.23. The fourth-order valence-electron chi connectivity index (χ4n) is 2.30. The Morgan fingerprint density at radius 2 is 2.05 bits per heavy atom. The standard InChI is InChI=1S/C17H17NO4/c1-11-6-7-13(14(19)8-11)17(20)18-9-12-10-21-15-4-2-3-5-16(15)22-12/h2-8,12,19H,9-10H2,1H3,(H,18,20). The van der Waals surface area contributed by atoms with Gasteiger partial charge in [-0.3, -0.25) is 4.79 Å². The van der Waals surface area contributed by atoms with E-state index in [4.69, 9.17) is 9.47 Å². The normalized spacial score (nSPS) is 16.1. The summed E-state index contributed by atoms with van der Waals surface area (Å²) in [4.78, 5) is 12.1. The number of phenolic OH excluding ortho intramolecular Hbond substituents is 1. The second kappa shape index (κ2) is 5.97. The van der Waals surface area contributed by atoms with Crippen LogP contribution in [-0.2, 0) is 0 Å². The fraction of sp³-hybridized carbons (Fsp3) is 0.235. The van der Waals surface area contributed by atoms with Crippen LogP contribution in [0.4, 0.5) is 0 Å². The maximum atomic E-state index is 12.1. The molecule has 1 atom stereocenters. The molecule has 2 aromatic carbocycles. The van der Waals surface area contributed by atoms with Crippen molar-refractivity contribution in [3.63, 3.8) is 0 Å². The average Bonchev–Trinajstić information content (AvgIpc) is 2.52. The molecule has 22 heavy (non-hydrogen) atoms. The lowest BCUT2D eigenvalue weighted by atomic mass is 10.1. The molecule has 1 unspecified atom stereocenters. The molecule has 0 saturated carbocycles. The summed E-state index contributed by atoms with van der Waals surface area (Å²) >= 11 is 0. The molecule has 0 fully saturated rings. The van der Waals surface area contributed by atoms with Gasteiger partial charge >= 0.3 is 0 Å². The van der Waals surface area contributed by atoms with Crippen LogP contribution in [0.2, 0.25) is 0 Å². The van der Waals surface area contributed by atoms with Gasteiger partial charge in [-0.25, -0.2) is 0 Å². The van der Waals surface area contributed by atoms with Crippen LogP contribution >= 0.6 is 0 Å². The highest BCUT2D eigenvalue weighted by Crippen LogP contribution is 2.30. The molecule has 5 heteroatoms. The number of fused-ring (bicyclic) bond motifs is 1. The molecule has 0 radical (unpaired) electrons. The third-order valence-corrected chi connectivity index (χ3v) is 3.46. The Labute approximate surface area is 128 Å². The zero-order valence-corrected chi connectivity index (χ0v) is 12.2. The summed E-state index contributed by atoms with van der Waals surface area (Å²) in [6.07, 6.45) is -0.258. The van der Waals surface area contributed by atoms with Gasteiger partial charge in [-0.1, -0.05) is 18.2 Å². The number of hydrogen-bond donors (Lipinski definition) is 2. The summed E-state index contributed by atoms with van der Waals surface area (Å²) in [6.45, 7) is 2.53. The highest BCUT2D eigenvalue weighted by Gasteiger charge is 2.21.